The molecule has 4 aromatic rings. The Kier molecular flexibility index (Phi) is 7.55. The number of aliphatic carboxylic acids is 1. The highest BCUT2D eigenvalue weighted by Crippen LogP contribution is 2.34. The van der Waals surface area contributed by atoms with Gasteiger partial charge in [-0.15, -0.1) is 0 Å². The Balaban J connectivity index is 1.44. The lowest BCUT2D eigenvalue weighted by molar-refractivity contribution is -0.136. The van der Waals surface area contributed by atoms with Crippen LogP contribution in [0.5, 0.6) is 0 Å². The van der Waals surface area contributed by atoms with E-state index in [-0.39, 0.29) is 6.42 Å². The molecule has 0 aliphatic rings. The summed E-state index contributed by atoms with van der Waals surface area (Å²) in [5.74, 6) is -0.178. The van der Waals surface area contributed by atoms with Crippen LogP contribution in [0.3, 0.4) is 0 Å². The molecule has 1 atom stereocenters. The Morgan fingerprint density at radius 1 is 0.853 bits per heavy atom. The van der Waals surface area contributed by atoms with E-state index in [0.717, 1.165) is 40.7 Å². The van der Waals surface area contributed by atoms with Crippen molar-refractivity contribution in [2.24, 2.45) is 0 Å². The van der Waals surface area contributed by atoms with Crippen molar-refractivity contribution in [3.63, 3.8) is 0 Å². The van der Waals surface area contributed by atoms with Crippen molar-refractivity contribution in [3.8, 4) is 22.5 Å². The summed E-state index contributed by atoms with van der Waals surface area (Å²) in [6.45, 7) is 1.86. The fraction of sp³-hybridized carbons (Fsp3) is 0.241. The van der Waals surface area contributed by atoms with E-state index in [4.69, 9.17) is 9.63 Å². The molecule has 0 saturated heterocycles. The molecular formula is C29H29NO4. The summed E-state index contributed by atoms with van der Waals surface area (Å²) < 4.78 is 5.62. The van der Waals surface area contributed by atoms with Gasteiger partial charge >= 0.3 is 5.97 Å². The highest BCUT2D eigenvalue weighted by molar-refractivity contribution is 5.70. The van der Waals surface area contributed by atoms with Crippen LogP contribution < -0.4 is 0 Å². The van der Waals surface area contributed by atoms with Crippen LogP contribution in [-0.4, -0.2) is 21.3 Å². The third kappa shape index (κ3) is 5.80. The van der Waals surface area contributed by atoms with Crippen molar-refractivity contribution in [2.45, 2.75) is 45.1 Å². The van der Waals surface area contributed by atoms with E-state index in [0.29, 0.717) is 24.3 Å². The predicted molar refractivity (Wildman–Crippen MR) is 132 cm³/mol. The number of hydrogen-bond acceptors (Lipinski definition) is 4. The van der Waals surface area contributed by atoms with Gasteiger partial charge < -0.3 is 14.7 Å². The van der Waals surface area contributed by atoms with Gasteiger partial charge in [0, 0.05) is 12.0 Å². The number of rotatable bonds is 10. The average molecular weight is 456 g/mol. The summed E-state index contributed by atoms with van der Waals surface area (Å²) in [6.07, 6.45) is 2.44. The number of carboxylic acid groups (broad SMARTS) is 1. The van der Waals surface area contributed by atoms with E-state index in [9.17, 15) is 9.90 Å². The number of carboxylic acids is 1. The number of aromatic nitrogens is 1. The summed E-state index contributed by atoms with van der Waals surface area (Å²) in [6, 6.07) is 26.2. The third-order valence-electron chi connectivity index (χ3n) is 6.09. The zero-order valence-corrected chi connectivity index (χ0v) is 19.3. The molecule has 1 unspecified atom stereocenters. The molecule has 0 aliphatic carbocycles. The molecule has 1 aromatic heterocycles. The maximum absolute atomic E-state index is 10.9. The minimum absolute atomic E-state index is 0.130. The Hall–Kier alpha value is -3.70. The van der Waals surface area contributed by atoms with Gasteiger partial charge in [0.05, 0.1) is 17.4 Å². The Morgan fingerprint density at radius 3 is 2.09 bits per heavy atom. The number of benzene rings is 3. The lowest BCUT2D eigenvalue weighted by Gasteiger charge is -2.12. The van der Waals surface area contributed by atoms with Crippen LogP contribution in [-0.2, 0) is 17.6 Å². The minimum atomic E-state index is -0.789. The topological polar surface area (TPSA) is 83.6 Å². The summed E-state index contributed by atoms with van der Waals surface area (Å²) in [5, 5.41) is 23.9. The number of carbonyl (C=O) groups is 1. The van der Waals surface area contributed by atoms with Gasteiger partial charge in [0.1, 0.15) is 0 Å². The van der Waals surface area contributed by atoms with Crippen LogP contribution in [0.15, 0.2) is 83.4 Å². The van der Waals surface area contributed by atoms with Gasteiger partial charge in [-0.1, -0.05) is 84.0 Å². The third-order valence-corrected chi connectivity index (χ3v) is 6.09. The van der Waals surface area contributed by atoms with Gasteiger partial charge in [-0.05, 0) is 54.9 Å². The molecule has 5 nitrogen and oxygen atoms in total. The number of hydrogen-bond donors (Lipinski definition) is 2. The fourth-order valence-electron chi connectivity index (χ4n) is 4.20. The van der Waals surface area contributed by atoms with Crippen LogP contribution in [0, 0.1) is 6.92 Å². The molecule has 3 aromatic carbocycles. The minimum Gasteiger partial charge on any atom is -0.481 e. The maximum Gasteiger partial charge on any atom is 0.303 e. The highest BCUT2D eigenvalue weighted by atomic mass is 16.5. The number of aliphatic hydroxyl groups excluding tert-OH is 1. The molecule has 1 heterocycles. The second-order valence-electron chi connectivity index (χ2n) is 8.57. The molecule has 0 amide bonds. The first-order chi connectivity index (χ1) is 16.5. The van der Waals surface area contributed by atoms with Crippen molar-refractivity contribution >= 4 is 5.97 Å². The van der Waals surface area contributed by atoms with Gasteiger partial charge in [0.25, 0.3) is 0 Å². The normalized spacial score (nSPS) is 11.9. The predicted octanol–water partition coefficient (Wildman–Crippen LogP) is 6.39. The van der Waals surface area contributed by atoms with Gasteiger partial charge in [-0.2, -0.15) is 0 Å². The lowest BCUT2D eigenvalue weighted by Crippen LogP contribution is -2.01. The van der Waals surface area contributed by atoms with Crippen LogP contribution in [0.1, 0.15) is 47.8 Å². The van der Waals surface area contributed by atoms with E-state index in [1.54, 1.807) is 0 Å². The second kappa shape index (κ2) is 10.9. The molecule has 0 radical (unpaired) electrons. The van der Waals surface area contributed by atoms with Crippen molar-refractivity contribution < 1.29 is 19.5 Å². The van der Waals surface area contributed by atoms with Gasteiger partial charge in [0.15, 0.2) is 5.76 Å². The fourth-order valence-corrected chi connectivity index (χ4v) is 4.20. The zero-order chi connectivity index (χ0) is 23.9. The first-order valence-corrected chi connectivity index (χ1v) is 11.6. The van der Waals surface area contributed by atoms with Crippen LogP contribution in [0.4, 0.5) is 0 Å². The molecule has 0 spiro atoms. The summed E-state index contributed by atoms with van der Waals surface area (Å²) in [5.41, 5.74) is 6.72. The van der Waals surface area contributed by atoms with Crippen molar-refractivity contribution in [3.05, 3.63) is 101 Å². The van der Waals surface area contributed by atoms with Gasteiger partial charge in [-0.3, -0.25) is 4.79 Å². The van der Waals surface area contributed by atoms with Crippen LogP contribution >= 0.6 is 0 Å². The van der Waals surface area contributed by atoms with Crippen LogP contribution in [0.25, 0.3) is 22.5 Å². The molecule has 34 heavy (non-hydrogen) atoms. The molecular weight excluding hydrogens is 426 g/mol. The monoisotopic (exact) mass is 455 g/mol. The van der Waals surface area contributed by atoms with E-state index in [2.05, 4.69) is 17.3 Å². The van der Waals surface area contributed by atoms with E-state index >= 15 is 0 Å². The summed E-state index contributed by atoms with van der Waals surface area (Å²) in [4.78, 5) is 10.8. The van der Waals surface area contributed by atoms with Gasteiger partial charge in [-0.25, -0.2) is 0 Å². The van der Waals surface area contributed by atoms with E-state index in [1.165, 1.54) is 5.56 Å². The van der Waals surface area contributed by atoms with Crippen molar-refractivity contribution in [1.82, 2.24) is 5.16 Å². The molecule has 174 valence electrons. The van der Waals surface area contributed by atoms with Crippen LogP contribution in [0.2, 0.25) is 0 Å². The zero-order valence-electron chi connectivity index (χ0n) is 19.3. The maximum atomic E-state index is 10.9. The summed E-state index contributed by atoms with van der Waals surface area (Å²) in [7, 11) is 0. The van der Waals surface area contributed by atoms with Gasteiger partial charge in [0.2, 0.25) is 0 Å². The Bertz CT molecular complexity index is 1210. The molecule has 0 saturated carbocycles. The Morgan fingerprint density at radius 2 is 1.44 bits per heavy atom. The number of aliphatic hydroxyl groups is 1. The molecule has 0 bridgehead atoms. The SMILES string of the molecule is Cc1noc(-c2ccc(-c3ccc(CCC(=O)O)cc3)cc2)c1C(O)CCCc1ccccc1. The first kappa shape index (κ1) is 23.5. The number of nitrogens with zero attached hydrogens (tertiary/aromatic N) is 1. The molecule has 0 aliphatic heterocycles. The molecule has 5 heteroatoms. The van der Waals surface area contributed by atoms with E-state index in [1.807, 2.05) is 73.7 Å². The Labute approximate surface area is 199 Å². The van der Waals surface area contributed by atoms with Crippen molar-refractivity contribution in [1.29, 1.82) is 0 Å². The molecule has 0 fully saturated rings. The molecule has 4 rings (SSSR count). The quantitative estimate of drug-likeness (QED) is 0.289. The largest absolute Gasteiger partial charge is 0.481 e. The van der Waals surface area contributed by atoms with Crippen molar-refractivity contribution in [2.75, 3.05) is 0 Å². The second-order valence-corrected chi connectivity index (χ2v) is 8.57. The lowest BCUT2D eigenvalue weighted by atomic mass is 9.96. The molecule has 2 N–H and O–H groups in total. The standard InChI is InChI=1S/C29H29NO4/c1-20-28(26(31)9-5-8-21-6-3-2-4-7-21)29(34-30-20)25-17-15-24(16-18-25)23-13-10-22(11-14-23)12-19-27(32)33/h2-4,6-7,10-11,13-18,26,31H,5,8-9,12,19H2,1H3,(H,32,33). The van der Waals surface area contributed by atoms with E-state index < -0.39 is 12.1 Å². The average Bonchev–Trinajstić information content (AvgIpc) is 3.25. The number of aryl methyl sites for hydroxylation is 3. The smallest absolute Gasteiger partial charge is 0.303 e. The summed E-state index contributed by atoms with van der Waals surface area (Å²) >= 11 is 0. The highest BCUT2D eigenvalue weighted by Gasteiger charge is 2.22. The first-order valence-electron chi connectivity index (χ1n) is 11.6.